The summed E-state index contributed by atoms with van der Waals surface area (Å²) in [7, 11) is 0. The number of aryl methyl sites for hydroxylation is 1. The zero-order valence-corrected chi connectivity index (χ0v) is 7.84. The molecule has 1 heterocycles. The van der Waals surface area contributed by atoms with Crippen molar-refractivity contribution in [2.45, 2.75) is 43.6 Å². The van der Waals surface area contributed by atoms with Gasteiger partial charge in [0.05, 0.1) is 5.69 Å². The minimum atomic E-state index is 0.0406. The van der Waals surface area contributed by atoms with E-state index in [1.807, 2.05) is 13.0 Å². The van der Waals surface area contributed by atoms with E-state index < -0.39 is 0 Å². The smallest absolute Gasteiger partial charge is 0.144 e. The van der Waals surface area contributed by atoms with Crippen LogP contribution in [0, 0.1) is 6.92 Å². The Morgan fingerprint density at radius 2 is 2.08 bits per heavy atom. The zero-order chi connectivity index (χ0) is 9.10. The Kier molecular flexibility index (Phi) is 1.15. The lowest BCUT2D eigenvalue weighted by molar-refractivity contribution is 0.321. The van der Waals surface area contributed by atoms with Gasteiger partial charge in [0.1, 0.15) is 5.76 Å². The lowest BCUT2D eigenvalue weighted by Gasteiger charge is -2.18. The van der Waals surface area contributed by atoms with Crippen molar-refractivity contribution in [3.63, 3.8) is 0 Å². The summed E-state index contributed by atoms with van der Waals surface area (Å²) >= 11 is 0. The SMILES string of the molecule is Cc1cc(C2(C3(N)CC3)CC2)on1. The van der Waals surface area contributed by atoms with Crippen LogP contribution in [0.1, 0.15) is 37.1 Å². The largest absolute Gasteiger partial charge is 0.360 e. The van der Waals surface area contributed by atoms with Gasteiger partial charge in [-0.3, -0.25) is 0 Å². The van der Waals surface area contributed by atoms with Crippen molar-refractivity contribution in [2.24, 2.45) is 5.73 Å². The third-order valence-corrected chi connectivity index (χ3v) is 3.59. The Labute approximate surface area is 77.3 Å². The maximum absolute atomic E-state index is 6.24. The lowest BCUT2D eigenvalue weighted by Crippen LogP contribution is -2.36. The quantitative estimate of drug-likeness (QED) is 0.746. The van der Waals surface area contributed by atoms with E-state index in [-0.39, 0.29) is 11.0 Å². The highest BCUT2D eigenvalue weighted by atomic mass is 16.5. The van der Waals surface area contributed by atoms with Gasteiger partial charge in [-0.05, 0) is 32.6 Å². The fourth-order valence-corrected chi connectivity index (χ4v) is 2.32. The molecule has 0 radical (unpaired) electrons. The van der Waals surface area contributed by atoms with E-state index in [2.05, 4.69) is 5.16 Å². The van der Waals surface area contributed by atoms with Crippen LogP contribution in [-0.2, 0) is 5.41 Å². The van der Waals surface area contributed by atoms with Gasteiger partial charge in [0, 0.05) is 17.0 Å². The summed E-state index contributed by atoms with van der Waals surface area (Å²) in [5.74, 6) is 1.02. The van der Waals surface area contributed by atoms with Crippen LogP contribution in [0.5, 0.6) is 0 Å². The van der Waals surface area contributed by atoms with Crippen LogP contribution >= 0.6 is 0 Å². The van der Waals surface area contributed by atoms with Crippen LogP contribution in [0.3, 0.4) is 0 Å². The second-order valence-corrected chi connectivity index (χ2v) is 4.57. The summed E-state index contributed by atoms with van der Waals surface area (Å²) < 4.78 is 5.33. The molecule has 1 aromatic rings. The van der Waals surface area contributed by atoms with Crippen LogP contribution < -0.4 is 5.73 Å². The van der Waals surface area contributed by atoms with Crippen molar-refractivity contribution >= 4 is 0 Å². The summed E-state index contributed by atoms with van der Waals surface area (Å²) in [5.41, 5.74) is 7.41. The molecule has 2 aliphatic carbocycles. The van der Waals surface area contributed by atoms with Crippen molar-refractivity contribution in [2.75, 3.05) is 0 Å². The summed E-state index contributed by atoms with van der Waals surface area (Å²) in [6, 6.07) is 2.04. The van der Waals surface area contributed by atoms with Crippen LogP contribution in [0.4, 0.5) is 0 Å². The van der Waals surface area contributed by atoms with Crippen molar-refractivity contribution in [1.29, 1.82) is 0 Å². The Morgan fingerprint density at radius 1 is 1.38 bits per heavy atom. The third kappa shape index (κ3) is 0.854. The first-order chi connectivity index (χ1) is 6.16. The summed E-state index contributed by atoms with van der Waals surface area (Å²) in [4.78, 5) is 0. The monoisotopic (exact) mass is 178 g/mol. The molecule has 0 unspecified atom stereocenters. The van der Waals surface area contributed by atoms with Gasteiger partial charge in [0.15, 0.2) is 0 Å². The van der Waals surface area contributed by atoms with Gasteiger partial charge >= 0.3 is 0 Å². The molecule has 0 amide bonds. The first-order valence-corrected chi connectivity index (χ1v) is 4.89. The standard InChI is InChI=1S/C10H14N2O/c1-7-6-8(13-12-7)9(2-3-9)10(11)4-5-10/h6H,2-5,11H2,1H3. The van der Waals surface area contributed by atoms with Gasteiger partial charge in [-0.1, -0.05) is 5.16 Å². The van der Waals surface area contributed by atoms with E-state index in [1.165, 1.54) is 12.8 Å². The van der Waals surface area contributed by atoms with Gasteiger partial charge in [-0.15, -0.1) is 0 Å². The molecule has 0 atom stereocenters. The normalized spacial score (nSPS) is 27.2. The van der Waals surface area contributed by atoms with E-state index in [4.69, 9.17) is 10.3 Å². The number of hydrogen-bond acceptors (Lipinski definition) is 3. The summed E-state index contributed by atoms with van der Waals surface area (Å²) in [6.07, 6.45) is 4.65. The molecule has 1 aromatic heterocycles. The second kappa shape index (κ2) is 1.98. The molecular formula is C10H14N2O. The van der Waals surface area contributed by atoms with E-state index in [0.29, 0.717) is 0 Å². The predicted molar refractivity (Wildman–Crippen MR) is 48.3 cm³/mol. The van der Waals surface area contributed by atoms with Crippen molar-refractivity contribution in [1.82, 2.24) is 5.16 Å². The predicted octanol–water partition coefficient (Wildman–Crippen LogP) is 1.51. The van der Waals surface area contributed by atoms with Gasteiger partial charge < -0.3 is 10.3 Å². The molecule has 0 bridgehead atoms. The molecule has 0 saturated heterocycles. The number of aromatic nitrogens is 1. The first kappa shape index (κ1) is 7.56. The van der Waals surface area contributed by atoms with Gasteiger partial charge in [0.25, 0.3) is 0 Å². The van der Waals surface area contributed by atoms with Gasteiger partial charge in [0.2, 0.25) is 0 Å². The Hall–Kier alpha value is -0.830. The van der Waals surface area contributed by atoms with E-state index >= 15 is 0 Å². The lowest BCUT2D eigenvalue weighted by atomic mass is 9.91. The minimum Gasteiger partial charge on any atom is -0.360 e. The molecule has 2 saturated carbocycles. The summed E-state index contributed by atoms with van der Waals surface area (Å²) in [6.45, 7) is 1.96. The molecule has 3 heteroatoms. The molecule has 0 spiro atoms. The molecule has 3 rings (SSSR count). The van der Waals surface area contributed by atoms with E-state index in [1.54, 1.807) is 0 Å². The van der Waals surface area contributed by atoms with Crippen LogP contribution in [-0.4, -0.2) is 10.7 Å². The molecule has 0 aliphatic heterocycles. The fraction of sp³-hybridized carbons (Fsp3) is 0.700. The fourth-order valence-electron chi connectivity index (χ4n) is 2.32. The molecule has 2 aliphatic rings. The second-order valence-electron chi connectivity index (χ2n) is 4.57. The van der Waals surface area contributed by atoms with Crippen LogP contribution in [0.15, 0.2) is 10.6 Å². The maximum atomic E-state index is 6.24. The molecule has 70 valence electrons. The number of nitrogens with two attached hydrogens (primary N) is 1. The molecule has 2 N–H and O–H groups in total. The number of hydrogen-bond donors (Lipinski definition) is 1. The van der Waals surface area contributed by atoms with Crippen LogP contribution in [0.2, 0.25) is 0 Å². The summed E-state index contributed by atoms with van der Waals surface area (Å²) in [5, 5.41) is 3.93. The average molecular weight is 178 g/mol. The highest BCUT2D eigenvalue weighted by molar-refractivity contribution is 5.35. The average Bonchev–Trinajstić information content (AvgIpc) is 2.97. The third-order valence-electron chi connectivity index (χ3n) is 3.59. The molecular weight excluding hydrogens is 164 g/mol. The molecule has 2 fully saturated rings. The number of rotatable bonds is 2. The minimum absolute atomic E-state index is 0.0406. The van der Waals surface area contributed by atoms with Gasteiger partial charge in [-0.2, -0.15) is 0 Å². The van der Waals surface area contributed by atoms with Gasteiger partial charge in [-0.25, -0.2) is 0 Å². The van der Waals surface area contributed by atoms with Crippen molar-refractivity contribution in [3.8, 4) is 0 Å². The zero-order valence-electron chi connectivity index (χ0n) is 7.84. The van der Waals surface area contributed by atoms with E-state index in [0.717, 1.165) is 24.3 Å². The van der Waals surface area contributed by atoms with Crippen molar-refractivity contribution in [3.05, 3.63) is 17.5 Å². The Bertz CT molecular complexity index is 348. The number of nitrogens with zero attached hydrogens (tertiary/aromatic N) is 1. The Balaban J connectivity index is 2.00. The molecule has 3 nitrogen and oxygen atoms in total. The highest BCUT2D eigenvalue weighted by Gasteiger charge is 2.66. The van der Waals surface area contributed by atoms with Crippen LogP contribution in [0.25, 0.3) is 0 Å². The topological polar surface area (TPSA) is 52.0 Å². The van der Waals surface area contributed by atoms with Crippen molar-refractivity contribution < 1.29 is 4.52 Å². The molecule has 13 heavy (non-hydrogen) atoms. The first-order valence-electron chi connectivity index (χ1n) is 4.89. The highest BCUT2D eigenvalue weighted by Crippen LogP contribution is 2.63. The van der Waals surface area contributed by atoms with E-state index in [9.17, 15) is 0 Å². The maximum Gasteiger partial charge on any atom is 0.144 e. The Morgan fingerprint density at radius 3 is 2.46 bits per heavy atom. The molecule has 0 aromatic carbocycles.